The van der Waals surface area contributed by atoms with Crippen LogP contribution in [-0.2, 0) is 11.3 Å². The Morgan fingerprint density at radius 1 is 1.20 bits per heavy atom. The quantitative estimate of drug-likeness (QED) is 0.842. The minimum absolute atomic E-state index is 0.0221. The van der Waals surface area contributed by atoms with Gasteiger partial charge in [-0.3, -0.25) is 9.69 Å². The Balaban J connectivity index is 1.68. The first kappa shape index (κ1) is 17.6. The maximum absolute atomic E-state index is 12.7. The van der Waals surface area contributed by atoms with Crippen molar-refractivity contribution in [1.82, 2.24) is 10.2 Å². The molecular weight excluding hydrogens is 337 g/mol. The number of urea groups is 1. The van der Waals surface area contributed by atoms with Gasteiger partial charge in [0, 0.05) is 0 Å². The Morgan fingerprint density at radius 3 is 2.36 bits per heavy atom. The topological polar surface area (TPSA) is 58.6 Å². The molecule has 0 radical (unpaired) electrons. The Labute approximate surface area is 143 Å². The van der Waals surface area contributed by atoms with Gasteiger partial charge in [0.05, 0.1) is 6.54 Å². The zero-order chi connectivity index (χ0) is 18.2. The van der Waals surface area contributed by atoms with E-state index in [-0.39, 0.29) is 18.2 Å². The molecule has 0 unspecified atom stereocenters. The summed E-state index contributed by atoms with van der Waals surface area (Å²) in [6.45, 7) is 2.14. The summed E-state index contributed by atoms with van der Waals surface area (Å²) in [6.07, 6.45) is -1.76. The molecule has 25 heavy (non-hydrogen) atoms. The normalized spacial score (nSPS) is 26.9. The van der Waals surface area contributed by atoms with Gasteiger partial charge in [0.15, 0.2) is 0 Å². The highest BCUT2D eigenvalue weighted by molar-refractivity contribution is 6.07. The van der Waals surface area contributed by atoms with Crippen molar-refractivity contribution in [2.75, 3.05) is 0 Å². The molecule has 1 aliphatic heterocycles. The molecule has 1 spiro atoms. The molecule has 1 heterocycles. The molecule has 1 aromatic rings. The number of ether oxygens (including phenoxy) is 1. The average molecular weight is 356 g/mol. The van der Waals surface area contributed by atoms with E-state index in [0.717, 1.165) is 17.7 Å². The van der Waals surface area contributed by atoms with Gasteiger partial charge in [0.2, 0.25) is 0 Å². The van der Waals surface area contributed by atoms with E-state index < -0.39 is 17.9 Å². The number of alkyl halides is 3. The molecule has 8 heteroatoms. The van der Waals surface area contributed by atoms with Crippen molar-refractivity contribution in [3.05, 3.63) is 29.8 Å². The van der Waals surface area contributed by atoms with Gasteiger partial charge < -0.3 is 10.1 Å². The monoisotopic (exact) mass is 356 g/mol. The van der Waals surface area contributed by atoms with E-state index in [1.807, 2.05) is 0 Å². The van der Waals surface area contributed by atoms with Crippen molar-refractivity contribution >= 4 is 11.9 Å². The highest BCUT2D eigenvalue weighted by Crippen LogP contribution is 2.36. The van der Waals surface area contributed by atoms with Crippen molar-refractivity contribution in [3.8, 4) is 5.75 Å². The molecule has 1 aromatic carbocycles. The summed E-state index contributed by atoms with van der Waals surface area (Å²) in [5, 5.41) is 2.82. The van der Waals surface area contributed by atoms with Gasteiger partial charge in [-0.05, 0) is 49.3 Å². The number of imide groups is 1. The molecule has 3 amide bonds. The number of hydrogen-bond donors (Lipinski definition) is 1. The second kappa shape index (κ2) is 6.24. The number of nitrogens with zero attached hydrogens (tertiary/aromatic N) is 1. The first-order valence-corrected chi connectivity index (χ1v) is 8.17. The van der Waals surface area contributed by atoms with Crippen molar-refractivity contribution in [2.24, 2.45) is 5.92 Å². The lowest BCUT2D eigenvalue weighted by Gasteiger charge is -2.33. The van der Waals surface area contributed by atoms with E-state index in [2.05, 4.69) is 17.0 Å². The molecule has 3 rings (SSSR count). The molecule has 1 N–H and O–H groups in total. The third-order valence-corrected chi connectivity index (χ3v) is 4.87. The molecule has 2 fully saturated rings. The van der Waals surface area contributed by atoms with Crippen LogP contribution >= 0.6 is 0 Å². The number of hydrogen-bond acceptors (Lipinski definition) is 3. The molecule has 0 atom stereocenters. The van der Waals surface area contributed by atoms with Gasteiger partial charge in [-0.15, -0.1) is 13.2 Å². The third kappa shape index (κ3) is 3.72. The predicted molar refractivity (Wildman–Crippen MR) is 82.6 cm³/mol. The lowest BCUT2D eigenvalue weighted by molar-refractivity contribution is -0.274. The van der Waals surface area contributed by atoms with Crippen molar-refractivity contribution in [2.45, 2.75) is 51.1 Å². The number of amides is 3. The van der Waals surface area contributed by atoms with E-state index in [1.54, 1.807) is 0 Å². The number of benzene rings is 1. The Bertz CT molecular complexity index is 665. The molecule has 136 valence electrons. The van der Waals surface area contributed by atoms with Crippen LogP contribution in [0.25, 0.3) is 0 Å². The number of nitrogens with one attached hydrogen (secondary N) is 1. The van der Waals surface area contributed by atoms with E-state index >= 15 is 0 Å². The summed E-state index contributed by atoms with van der Waals surface area (Å²) < 4.78 is 40.3. The Hall–Kier alpha value is -2.25. The second-order valence-electron chi connectivity index (χ2n) is 6.78. The molecule has 0 aromatic heterocycles. The first-order chi connectivity index (χ1) is 11.7. The van der Waals surface area contributed by atoms with Gasteiger partial charge in [-0.2, -0.15) is 0 Å². The van der Waals surface area contributed by atoms with Crippen LogP contribution in [0.4, 0.5) is 18.0 Å². The van der Waals surface area contributed by atoms with Crippen molar-refractivity contribution in [1.29, 1.82) is 0 Å². The SMILES string of the molecule is CC1CCC2(CC1)NC(=O)N(Cc1ccc(OC(F)(F)F)cc1)C2=O. The summed E-state index contributed by atoms with van der Waals surface area (Å²) in [6, 6.07) is 4.71. The van der Waals surface area contributed by atoms with Crippen LogP contribution in [0.15, 0.2) is 24.3 Å². The summed E-state index contributed by atoms with van der Waals surface area (Å²) >= 11 is 0. The maximum Gasteiger partial charge on any atom is 0.573 e. The lowest BCUT2D eigenvalue weighted by Crippen LogP contribution is -2.49. The van der Waals surface area contributed by atoms with E-state index in [0.29, 0.717) is 24.3 Å². The van der Waals surface area contributed by atoms with Gasteiger partial charge in [-0.1, -0.05) is 19.1 Å². The van der Waals surface area contributed by atoms with Crippen molar-refractivity contribution < 1.29 is 27.5 Å². The van der Waals surface area contributed by atoms with Gasteiger partial charge in [0.25, 0.3) is 5.91 Å². The smallest absolute Gasteiger partial charge is 0.406 e. The largest absolute Gasteiger partial charge is 0.573 e. The average Bonchev–Trinajstić information content (AvgIpc) is 2.75. The van der Waals surface area contributed by atoms with Crippen LogP contribution < -0.4 is 10.1 Å². The fraction of sp³-hybridized carbons (Fsp3) is 0.529. The van der Waals surface area contributed by atoms with Crippen molar-refractivity contribution in [3.63, 3.8) is 0 Å². The van der Waals surface area contributed by atoms with Crippen LogP contribution in [0, 0.1) is 5.92 Å². The summed E-state index contributed by atoms with van der Waals surface area (Å²) in [5.41, 5.74) is -0.262. The van der Waals surface area contributed by atoms with Crippen LogP contribution in [0.2, 0.25) is 0 Å². The number of rotatable bonds is 3. The predicted octanol–water partition coefficient (Wildman–Crippen LogP) is 3.59. The minimum atomic E-state index is -4.75. The summed E-state index contributed by atoms with van der Waals surface area (Å²) in [4.78, 5) is 26.1. The first-order valence-electron chi connectivity index (χ1n) is 8.17. The number of carbonyl (C=O) groups excluding carboxylic acids is 2. The minimum Gasteiger partial charge on any atom is -0.406 e. The van der Waals surface area contributed by atoms with Crippen LogP contribution in [0.5, 0.6) is 5.75 Å². The highest BCUT2D eigenvalue weighted by Gasteiger charge is 2.51. The lowest BCUT2D eigenvalue weighted by atomic mass is 9.77. The van der Waals surface area contributed by atoms with Crippen LogP contribution in [0.1, 0.15) is 38.2 Å². The standard InChI is InChI=1S/C17H19F3N2O3/c1-11-6-8-16(9-7-11)14(23)22(15(24)21-16)10-12-2-4-13(5-3-12)25-17(18,19)20/h2-5,11H,6-10H2,1H3,(H,21,24). The molecular formula is C17H19F3N2O3. The molecule has 5 nitrogen and oxygen atoms in total. The maximum atomic E-state index is 12.7. The Kier molecular flexibility index (Phi) is 4.38. The van der Waals surface area contributed by atoms with Gasteiger partial charge in [-0.25, -0.2) is 4.79 Å². The van der Waals surface area contributed by atoms with E-state index in [9.17, 15) is 22.8 Å². The second-order valence-corrected chi connectivity index (χ2v) is 6.78. The fourth-order valence-corrected chi connectivity index (χ4v) is 3.39. The molecule has 1 saturated carbocycles. The zero-order valence-electron chi connectivity index (χ0n) is 13.7. The Morgan fingerprint density at radius 2 is 1.80 bits per heavy atom. The van der Waals surface area contributed by atoms with Gasteiger partial charge >= 0.3 is 12.4 Å². The third-order valence-electron chi connectivity index (χ3n) is 4.87. The molecule has 1 saturated heterocycles. The zero-order valence-corrected chi connectivity index (χ0v) is 13.7. The molecule has 0 bridgehead atoms. The molecule has 2 aliphatic rings. The van der Waals surface area contributed by atoms with Crippen LogP contribution in [-0.4, -0.2) is 28.7 Å². The van der Waals surface area contributed by atoms with Crippen LogP contribution in [0.3, 0.4) is 0 Å². The van der Waals surface area contributed by atoms with Gasteiger partial charge in [0.1, 0.15) is 11.3 Å². The van der Waals surface area contributed by atoms with E-state index in [4.69, 9.17) is 0 Å². The summed E-state index contributed by atoms with van der Waals surface area (Å²) in [7, 11) is 0. The number of halogens is 3. The molecule has 1 aliphatic carbocycles. The fourth-order valence-electron chi connectivity index (χ4n) is 3.39. The number of carbonyl (C=O) groups is 2. The summed E-state index contributed by atoms with van der Waals surface area (Å²) in [5.74, 6) is -0.0586. The highest BCUT2D eigenvalue weighted by atomic mass is 19.4. The van der Waals surface area contributed by atoms with E-state index in [1.165, 1.54) is 24.3 Å².